The maximum Gasteiger partial charge on any atom is 0.115 e. The number of rotatable bonds is 0. The van der Waals surface area contributed by atoms with Crippen molar-refractivity contribution in [3.05, 3.63) is 24.3 Å². The van der Waals surface area contributed by atoms with E-state index in [4.69, 9.17) is 10.2 Å². The van der Waals surface area contributed by atoms with Gasteiger partial charge in [-0.05, 0) is 24.3 Å². The zero-order valence-electron chi connectivity index (χ0n) is 4.61. The Bertz CT molecular complexity index is 150. The fraction of sp³-hybridized carbons (Fsp3) is 0. The van der Waals surface area contributed by atoms with Crippen LogP contribution in [0.15, 0.2) is 24.3 Å². The summed E-state index contributed by atoms with van der Waals surface area (Å²) in [5, 5.41) is 17.3. The van der Waals surface area contributed by atoms with Gasteiger partial charge in [-0.15, -0.1) is 0 Å². The minimum Gasteiger partial charge on any atom is -0.508 e. The van der Waals surface area contributed by atoms with Crippen LogP contribution in [0.1, 0.15) is 0 Å². The van der Waals surface area contributed by atoms with Crippen LogP contribution in [0.5, 0.6) is 11.5 Å². The summed E-state index contributed by atoms with van der Waals surface area (Å²) < 4.78 is 0. The van der Waals surface area contributed by atoms with Gasteiger partial charge in [0, 0.05) is 21.1 Å². The number of phenolic OH excluding ortho intramolecular Hbond substituents is 2. The number of benzene rings is 1. The Balaban J connectivity index is 0.000000640. The Labute approximate surface area is 67.4 Å². The molecule has 0 aliphatic rings. The molecule has 0 heterocycles. The van der Waals surface area contributed by atoms with Crippen molar-refractivity contribution < 1.29 is 31.3 Å². The topological polar surface area (TPSA) is 40.5 Å². The maximum atomic E-state index is 8.65. The first-order valence-electron chi connectivity index (χ1n) is 2.27. The van der Waals surface area contributed by atoms with Crippen molar-refractivity contribution in [2.45, 2.75) is 0 Å². The predicted molar refractivity (Wildman–Crippen MR) is 29.8 cm³/mol. The quantitative estimate of drug-likeness (QED) is 0.703. The van der Waals surface area contributed by atoms with Gasteiger partial charge < -0.3 is 10.2 Å². The standard InChI is InChI=1S/C6H6O2.W/c7-5-1-2-6(8)4-3-5;/h1-4,7-8H;. The monoisotopic (exact) mass is 294 g/mol. The summed E-state index contributed by atoms with van der Waals surface area (Å²) in [4.78, 5) is 0. The van der Waals surface area contributed by atoms with E-state index in [1.165, 1.54) is 24.3 Å². The van der Waals surface area contributed by atoms with E-state index in [0.717, 1.165) is 0 Å². The van der Waals surface area contributed by atoms with Gasteiger partial charge >= 0.3 is 0 Å². The first-order valence-corrected chi connectivity index (χ1v) is 2.27. The molecule has 0 unspecified atom stereocenters. The van der Waals surface area contributed by atoms with Crippen LogP contribution in [0, 0.1) is 0 Å². The van der Waals surface area contributed by atoms with E-state index in [1.54, 1.807) is 0 Å². The van der Waals surface area contributed by atoms with Gasteiger partial charge in [-0.3, -0.25) is 0 Å². The molecule has 0 saturated carbocycles. The van der Waals surface area contributed by atoms with Gasteiger partial charge in [0.1, 0.15) is 11.5 Å². The Morgan fingerprint density at radius 1 is 0.778 bits per heavy atom. The Hall–Kier alpha value is -0.492. The van der Waals surface area contributed by atoms with Gasteiger partial charge in [-0.25, -0.2) is 0 Å². The van der Waals surface area contributed by atoms with Gasteiger partial charge in [0.25, 0.3) is 0 Å². The third-order valence-corrected chi connectivity index (χ3v) is 0.850. The van der Waals surface area contributed by atoms with Crippen LogP contribution in [0.3, 0.4) is 0 Å². The molecule has 0 aromatic heterocycles. The second kappa shape index (κ2) is 3.52. The van der Waals surface area contributed by atoms with Crippen molar-refractivity contribution in [1.82, 2.24) is 0 Å². The molecule has 0 aliphatic heterocycles. The molecular formula is C6H6O2W. The van der Waals surface area contributed by atoms with Gasteiger partial charge in [-0.1, -0.05) is 0 Å². The molecule has 0 aliphatic carbocycles. The molecular weight excluding hydrogens is 288 g/mol. The maximum absolute atomic E-state index is 8.65. The van der Waals surface area contributed by atoms with Gasteiger partial charge in [0.05, 0.1) is 0 Å². The van der Waals surface area contributed by atoms with Crippen molar-refractivity contribution in [3.63, 3.8) is 0 Å². The van der Waals surface area contributed by atoms with Crippen molar-refractivity contribution in [1.29, 1.82) is 0 Å². The third kappa shape index (κ3) is 2.52. The van der Waals surface area contributed by atoms with Crippen LogP contribution in [0.4, 0.5) is 0 Å². The van der Waals surface area contributed by atoms with E-state index in [-0.39, 0.29) is 32.6 Å². The summed E-state index contributed by atoms with van der Waals surface area (Å²) >= 11 is 0. The third-order valence-electron chi connectivity index (χ3n) is 0.850. The average molecular weight is 294 g/mol. The van der Waals surface area contributed by atoms with Crippen molar-refractivity contribution in [2.75, 3.05) is 0 Å². The van der Waals surface area contributed by atoms with E-state index in [9.17, 15) is 0 Å². The summed E-state index contributed by atoms with van der Waals surface area (Å²) in [6, 6.07) is 5.70. The number of hydrogen-bond donors (Lipinski definition) is 2. The van der Waals surface area contributed by atoms with Gasteiger partial charge in [0.15, 0.2) is 0 Å². The first-order chi connectivity index (χ1) is 3.79. The predicted octanol–water partition coefficient (Wildman–Crippen LogP) is 1.10. The minimum absolute atomic E-state index is 0. The second-order valence-electron chi connectivity index (χ2n) is 1.52. The SMILES string of the molecule is Oc1ccc(O)cc1.[W]. The van der Waals surface area contributed by atoms with E-state index in [0.29, 0.717) is 0 Å². The summed E-state index contributed by atoms with van der Waals surface area (Å²) in [5.41, 5.74) is 0. The summed E-state index contributed by atoms with van der Waals surface area (Å²) in [5.74, 6) is 0.339. The van der Waals surface area contributed by atoms with Crippen LogP contribution in [-0.2, 0) is 21.1 Å². The Morgan fingerprint density at radius 2 is 1.00 bits per heavy atom. The molecule has 2 N–H and O–H groups in total. The molecule has 0 saturated heterocycles. The molecule has 1 aromatic carbocycles. The number of aromatic hydroxyl groups is 2. The fourth-order valence-corrected chi connectivity index (χ4v) is 0.453. The van der Waals surface area contributed by atoms with Crippen LogP contribution in [-0.4, -0.2) is 10.2 Å². The van der Waals surface area contributed by atoms with Crippen LogP contribution < -0.4 is 0 Å². The molecule has 2 nitrogen and oxygen atoms in total. The molecule has 9 heavy (non-hydrogen) atoms. The summed E-state index contributed by atoms with van der Waals surface area (Å²) in [6.07, 6.45) is 0. The van der Waals surface area contributed by atoms with Gasteiger partial charge in [-0.2, -0.15) is 0 Å². The zero-order chi connectivity index (χ0) is 5.98. The summed E-state index contributed by atoms with van der Waals surface area (Å²) in [6.45, 7) is 0. The molecule has 0 atom stereocenters. The smallest absolute Gasteiger partial charge is 0.115 e. The van der Waals surface area contributed by atoms with E-state index in [1.807, 2.05) is 0 Å². The molecule has 1 rings (SSSR count). The first kappa shape index (κ1) is 8.51. The molecule has 0 fully saturated rings. The van der Waals surface area contributed by atoms with Crippen molar-refractivity contribution in [2.24, 2.45) is 0 Å². The molecule has 0 radical (unpaired) electrons. The number of phenols is 2. The van der Waals surface area contributed by atoms with Crippen LogP contribution in [0.2, 0.25) is 0 Å². The molecule has 48 valence electrons. The minimum atomic E-state index is 0. The Morgan fingerprint density at radius 3 is 1.22 bits per heavy atom. The molecule has 0 amide bonds. The average Bonchev–Trinajstić information content (AvgIpc) is 1.77. The van der Waals surface area contributed by atoms with Crippen molar-refractivity contribution in [3.8, 4) is 11.5 Å². The van der Waals surface area contributed by atoms with Crippen LogP contribution in [0.25, 0.3) is 0 Å². The molecule has 0 bridgehead atoms. The fourth-order valence-electron chi connectivity index (χ4n) is 0.453. The van der Waals surface area contributed by atoms with Crippen LogP contribution >= 0.6 is 0 Å². The van der Waals surface area contributed by atoms with Crippen molar-refractivity contribution >= 4 is 0 Å². The number of hydrogen-bond acceptors (Lipinski definition) is 2. The Kier molecular flexibility index (Phi) is 3.33. The summed E-state index contributed by atoms with van der Waals surface area (Å²) in [7, 11) is 0. The molecule has 3 heteroatoms. The largest absolute Gasteiger partial charge is 0.508 e. The van der Waals surface area contributed by atoms with Gasteiger partial charge in [0.2, 0.25) is 0 Å². The molecule has 0 spiro atoms. The zero-order valence-corrected chi connectivity index (χ0v) is 7.55. The van der Waals surface area contributed by atoms with E-state index < -0.39 is 0 Å². The normalized spacial score (nSPS) is 8.00. The van der Waals surface area contributed by atoms with E-state index in [2.05, 4.69) is 0 Å². The second-order valence-corrected chi connectivity index (χ2v) is 1.52. The molecule has 1 aromatic rings. The van der Waals surface area contributed by atoms with E-state index >= 15 is 0 Å².